The van der Waals surface area contributed by atoms with Crippen molar-refractivity contribution in [3.05, 3.63) is 53.2 Å². The van der Waals surface area contributed by atoms with Crippen LogP contribution in [0.1, 0.15) is 5.56 Å². The number of morpholine rings is 1. The molecule has 1 saturated heterocycles. The molecule has 1 aromatic carbocycles. The number of sulfonamides is 1. The van der Waals surface area contributed by atoms with Crippen LogP contribution in [0.25, 0.3) is 0 Å². The first-order chi connectivity index (χ1) is 11.5. The molecule has 8 heteroatoms. The van der Waals surface area contributed by atoms with Gasteiger partial charge in [-0.05, 0) is 23.8 Å². The number of aromatic nitrogens is 1. The lowest BCUT2D eigenvalue weighted by Gasteiger charge is -2.27. The second-order valence-corrected chi connectivity index (χ2v) is 7.59. The van der Waals surface area contributed by atoms with Crippen LogP contribution in [0.5, 0.6) is 0 Å². The molecule has 1 aliphatic rings. The van der Waals surface area contributed by atoms with Crippen molar-refractivity contribution >= 4 is 33.1 Å². The van der Waals surface area contributed by atoms with E-state index in [0.717, 1.165) is 18.9 Å². The van der Waals surface area contributed by atoms with E-state index < -0.39 is 10.0 Å². The van der Waals surface area contributed by atoms with Crippen LogP contribution < -0.4 is 9.62 Å². The molecule has 2 heterocycles. The van der Waals surface area contributed by atoms with Crippen LogP contribution in [0.3, 0.4) is 0 Å². The summed E-state index contributed by atoms with van der Waals surface area (Å²) in [5.41, 5.74) is 0.989. The van der Waals surface area contributed by atoms with E-state index in [2.05, 4.69) is 14.6 Å². The molecular formula is C16H18ClN3O3S. The summed E-state index contributed by atoms with van der Waals surface area (Å²) in [5.74, 6) is 0.630. The van der Waals surface area contributed by atoms with Gasteiger partial charge in [-0.1, -0.05) is 29.8 Å². The fourth-order valence-electron chi connectivity index (χ4n) is 2.46. The first-order valence-corrected chi connectivity index (χ1v) is 9.59. The van der Waals surface area contributed by atoms with E-state index >= 15 is 0 Å². The highest BCUT2D eigenvalue weighted by Gasteiger charge is 2.15. The van der Waals surface area contributed by atoms with Crippen molar-refractivity contribution in [1.82, 2.24) is 4.98 Å². The van der Waals surface area contributed by atoms with Gasteiger partial charge in [0.05, 0.1) is 30.9 Å². The number of rotatable bonds is 5. The summed E-state index contributed by atoms with van der Waals surface area (Å²) in [4.78, 5) is 6.43. The topological polar surface area (TPSA) is 71.5 Å². The minimum atomic E-state index is -3.56. The van der Waals surface area contributed by atoms with Crippen molar-refractivity contribution in [2.75, 3.05) is 35.9 Å². The van der Waals surface area contributed by atoms with Crippen molar-refractivity contribution in [1.29, 1.82) is 0 Å². The Hall–Kier alpha value is -1.83. The molecule has 1 fully saturated rings. The van der Waals surface area contributed by atoms with E-state index in [1.165, 1.54) is 6.20 Å². The summed E-state index contributed by atoms with van der Waals surface area (Å²) in [6, 6.07) is 10.4. The van der Waals surface area contributed by atoms with Crippen LogP contribution in [0.2, 0.25) is 5.02 Å². The van der Waals surface area contributed by atoms with E-state index in [9.17, 15) is 8.42 Å². The standard InChI is InChI=1S/C16H18ClN3O3S/c17-15-4-2-1-3-13(15)12-24(21,22)19-14-5-6-16(18-11-14)20-7-9-23-10-8-20/h1-6,11,19H,7-10,12H2. The first kappa shape index (κ1) is 17.0. The molecule has 0 radical (unpaired) electrons. The van der Waals surface area contributed by atoms with Crippen molar-refractivity contribution in [3.63, 3.8) is 0 Å². The van der Waals surface area contributed by atoms with Crippen molar-refractivity contribution in [2.24, 2.45) is 0 Å². The zero-order valence-electron chi connectivity index (χ0n) is 13.0. The summed E-state index contributed by atoms with van der Waals surface area (Å²) >= 11 is 6.02. The van der Waals surface area contributed by atoms with Gasteiger partial charge in [-0.2, -0.15) is 0 Å². The first-order valence-electron chi connectivity index (χ1n) is 7.56. The Balaban J connectivity index is 1.67. The zero-order chi connectivity index (χ0) is 17.0. The quantitative estimate of drug-likeness (QED) is 0.879. The number of hydrogen-bond acceptors (Lipinski definition) is 5. The largest absolute Gasteiger partial charge is 0.378 e. The number of pyridine rings is 1. The molecule has 1 aliphatic heterocycles. The highest BCUT2D eigenvalue weighted by molar-refractivity contribution is 7.91. The van der Waals surface area contributed by atoms with Crippen LogP contribution in [0.4, 0.5) is 11.5 Å². The molecule has 0 atom stereocenters. The van der Waals surface area contributed by atoms with Gasteiger partial charge in [0.15, 0.2) is 0 Å². The minimum Gasteiger partial charge on any atom is -0.378 e. The van der Waals surface area contributed by atoms with Crippen LogP contribution in [-0.4, -0.2) is 39.7 Å². The normalized spacial score (nSPS) is 15.3. The maximum absolute atomic E-state index is 12.3. The molecule has 24 heavy (non-hydrogen) atoms. The third kappa shape index (κ3) is 4.37. The molecule has 2 aromatic rings. The molecule has 0 unspecified atom stereocenters. The van der Waals surface area contributed by atoms with Crippen LogP contribution in [0, 0.1) is 0 Å². The van der Waals surface area contributed by atoms with E-state index in [-0.39, 0.29) is 5.75 Å². The Morgan fingerprint density at radius 3 is 2.58 bits per heavy atom. The Morgan fingerprint density at radius 2 is 1.92 bits per heavy atom. The van der Waals surface area contributed by atoms with Crippen molar-refractivity contribution < 1.29 is 13.2 Å². The average Bonchev–Trinajstić information content (AvgIpc) is 2.58. The van der Waals surface area contributed by atoms with Gasteiger partial charge in [0.25, 0.3) is 0 Å². The summed E-state index contributed by atoms with van der Waals surface area (Å²) in [6.07, 6.45) is 1.52. The molecule has 0 spiro atoms. The molecule has 0 bridgehead atoms. The van der Waals surface area contributed by atoms with Gasteiger partial charge >= 0.3 is 0 Å². The minimum absolute atomic E-state index is 0.183. The van der Waals surface area contributed by atoms with Gasteiger partial charge in [0, 0.05) is 18.1 Å². The highest BCUT2D eigenvalue weighted by atomic mass is 35.5. The Kier molecular flexibility index (Phi) is 5.23. The Morgan fingerprint density at radius 1 is 1.17 bits per heavy atom. The fraction of sp³-hybridized carbons (Fsp3) is 0.312. The molecular weight excluding hydrogens is 350 g/mol. The number of nitrogens with zero attached hydrogens (tertiary/aromatic N) is 2. The predicted molar refractivity (Wildman–Crippen MR) is 95.0 cm³/mol. The van der Waals surface area contributed by atoms with Gasteiger partial charge < -0.3 is 9.64 Å². The fourth-order valence-corrected chi connectivity index (χ4v) is 3.96. The van der Waals surface area contributed by atoms with Crippen molar-refractivity contribution in [2.45, 2.75) is 5.75 Å². The Bertz CT molecular complexity index is 790. The second kappa shape index (κ2) is 7.38. The lowest BCUT2D eigenvalue weighted by molar-refractivity contribution is 0.122. The van der Waals surface area contributed by atoms with Gasteiger partial charge in [-0.15, -0.1) is 0 Å². The van der Waals surface area contributed by atoms with Crippen molar-refractivity contribution in [3.8, 4) is 0 Å². The molecule has 1 aromatic heterocycles. The third-order valence-corrected chi connectivity index (χ3v) is 5.27. The third-order valence-electron chi connectivity index (χ3n) is 3.66. The monoisotopic (exact) mass is 367 g/mol. The molecule has 0 amide bonds. The lowest BCUT2D eigenvalue weighted by atomic mass is 10.2. The van der Waals surface area contributed by atoms with Crippen LogP contribution in [-0.2, 0) is 20.5 Å². The van der Waals surface area contributed by atoms with Gasteiger partial charge in [-0.25, -0.2) is 13.4 Å². The maximum atomic E-state index is 12.3. The molecule has 6 nitrogen and oxygen atoms in total. The highest BCUT2D eigenvalue weighted by Crippen LogP contribution is 2.20. The van der Waals surface area contributed by atoms with Gasteiger partial charge in [0.2, 0.25) is 10.0 Å². The predicted octanol–water partition coefficient (Wildman–Crippen LogP) is 2.51. The molecule has 128 valence electrons. The number of anilines is 2. The van der Waals surface area contributed by atoms with Crippen LogP contribution in [0.15, 0.2) is 42.6 Å². The van der Waals surface area contributed by atoms with Gasteiger partial charge in [-0.3, -0.25) is 4.72 Å². The summed E-state index contributed by atoms with van der Waals surface area (Å²) in [7, 11) is -3.56. The smallest absolute Gasteiger partial charge is 0.237 e. The lowest BCUT2D eigenvalue weighted by Crippen LogP contribution is -2.36. The van der Waals surface area contributed by atoms with E-state index in [1.807, 2.05) is 0 Å². The van der Waals surface area contributed by atoms with E-state index in [0.29, 0.717) is 29.5 Å². The maximum Gasteiger partial charge on any atom is 0.237 e. The summed E-state index contributed by atoms with van der Waals surface area (Å²) < 4.78 is 32.4. The second-order valence-electron chi connectivity index (χ2n) is 5.46. The van der Waals surface area contributed by atoms with E-state index in [4.69, 9.17) is 16.3 Å². The average molecular weight is 368 g/mol. The number of ether oxygens (including phenoxy) is 1. The molecule has 1 N–H and O–H groups in total. The van der Waals surface area contributed by atoms with Gasteiger partial charge in [0.1, 0.15) is 5.82 Å². The molecule has 0 saturated carbocycles. The summed E-state index contributed by atoms with van der Waals surface area (Å²) in [5, 5.41) is 0.434. The van der Waals surface area contributed by atoms with Crippen LogP contribution >= 0.6 is 11.6 Å². The number of benzene rings is 1. The number of halogens is 1. The van der Waals surface area contributed by atoms with E-state index in [1.54, 1.807) is 36.4 Å². The number of nitrogens with one attached hydrogen (secondary N) is 1. The number of hydrogen-bond donors (Lipinski definition) is 1. The molecule has 3 rings (SSSR count). The summed E-state index contributed by atoms with van der Waals surface area (Å²) in [6.45, 7) is 2.91. The molecule has 0 aliphatic carbocycles. The SMILES string of the molecule is O=S(=O)(Cc1ccccc1Cl)Nc1ccc(N2CCOCC2)nc1. The Labute approximate surface area is 146 Å². The zero-order valence-corrected chi connectivity index (χ0v) is 14.6.